The molecule has 1 aromatic rings. The van der Waals surface area contributed by atoms with Crippen LogP contribution in [0.2, 0.25) is 0 Å². The topological polar surface area (TPSA) is 79.0 Å². The molecule has 3 rings (SSSR count). The van der Waals surface area contributed by atoms with Crippen molar-refractivity contribution in [1.82, 2.24) is 9.21 Å². The molecule has 1 fully saturated rings. The summed E-state index contributed by atoms with van der Waals surface area (Å²) < 4.78 is 32.7. The van der Waals surface area contributed by atoms with E-state index in [1.807, 2.05) is 7.05 Å². The van der Waals surface area contributed by atoms with Gasteiger partial charge in [-0.2, -0.15) is 4.31 Å². The van der Waals surface area contributed by atoms with Crippen molar-refractivity contribution in [3.63, 3.8) is 0 Å². The highest BCUT2D eigenvalue weighted by atomic mass is 32.2. The third-order valence-electron chi connectivity index (χ3n) is 4.21. The molecule has 0 atom stereocenters. The van der Waals surface area contributed by atoms with Gasteiger partial charge in [-0.1, -0.05) is 0 Å². The maximum atomic E-state index is 12.8. The summed E-state index contributed by atoms with van der Waals surface area (Å²) in [5.41, 5.74) is -0.532. The number of piperazine rings is 1. The third kappa shape index (κ3) is 2.93. The van der Waals surface area contributed by atoms with Crippen molar-refractivity contribution in [3.8, 4) is 5.75 Å². The highest BCUT2D eigenvalue weighted by Gasteiger charge is 2.36. The summed E-state index contributed by atoms with van der Waals surface area (Å²) >= 11 is 0. The predicted molar refractivity (Wildman–Crippen MR) is 86.0 cm³/mol. The highest BCUT2D eigenvalue weighted by molar-refractivity contribution is 7.89. The largest absolute Gasteiger partial charge is 0.476 e. The first-order valence-corrected chi connectivity index (χ1v) is 8.97. The number of benzene rings is 1. The van der Waals surface area contributed by atoms with Crippen LogP contribution < -0.4 is 10.1 Å². The van der Waals surface area contributed by atoms with Crippen LogP contribution in [0.4, 0.5) is 5.69 Å². The molecule has 2 aliphatic rings. The molecule has 1 N–H and O–H groups in total. The molecular weight excluding hydrogens is 318 g/mol. The van der Waals surface area contributed by atoms with Crippen LogP contribution >= 0.6 is 0 Å². The van der Waals surface area contributed by atoms with Gasteiger partial charge in [-0.3, -0.25) is 4.79 Å². The Balaban J connectivity index is 1.91. The van der Waals surface area contributed by atoms with Crippen LogP contribution in [0, 0.1) is 0 Å². The maximum absolute atomic E-state index is 12.8. The summed E-state index contributed by atoms with van der Waals surface area (Å²) in [5, 5.41) is 2.74. The number of carbonyl (C=O) groups is 1. The molecule has 0 bridgehead atoms. The van der Waals surface area contributed by atoms with Crippen LogP contribution in [0.15, 0.2) is 23.1 Å². The minimum absolute atomic E-state index is 0.188. The molecule has 0 radical (unpaired) electrons. The van der Waals surface area contributed by atoms with Gasteiger partial charge in [0.05, 0.1) is 10.6 Å². The van der Waals surface area contributed by atoms with Gasteiger partial charge in [-0.25, -0.2) is 8.42 Å². The van der Waals surface area contributed by atoms with E-state index in [1.54, 1.807) is 19.9 Å². The summed E-state index contributed by atoms with van der Waals surface area (Å²) in [5.74, 6) is 0.129. The quantitative estimate of drug-likeness (QED) is 0.859. The molecule has 2 heterocycles. The third-order valence-corrected chi connectivity index (χ3v) is 6.11. The fourth-order valence-electron chi connectivity index (χ4n) is 2.62. The van der Waals surface area contributed by atoms with Crippen molar-refractivity contribution in [2.75, 3.05) is 38.5 Å². The molecule has 126 valence electrons. The van der Waals surface area contributed by atoms with E-state index in [-0.39, 0.29) is 10.8 Å². The first-order chi connectivity index (χ1) is 10.7. The van der Waals surface area contributed by atoms with E-state index in [0.29, 0.717) is 37.6 Å². The van der Waals surface area contributed by atoms with Crippen LogP contribution in [-0.2, 0) is 14.8 Å². The van der Waals surface area contributed by atoms with Crippen LogP contribution in [0.1, 0.15) is 13.8 Å². The van der Waals surface area contributed by atoms with Gasteiger partial charge in [0.15, 0.2) is 5.60 Å². The standard InChI is InChI=1S/C15H21N3O4S/c1-15(2)14(19)16-12-5-4-11(10-13(12)22-15)23(20,21)18-8-6-17(3)7-9-18/h4-5,10H,6-9H2,1-3H3,(H,16,19). The summed E-state index contributed by atoms with van der Waals surface area (Å²) in [6, 6.07) is 4.57. The van der Waals surface area contributed by atoms with Crippen LogP contribution in [0.3, 0.4) is 0 Å². The SMILES string of the molecule is CN1CCN(S(=O)(=O)c2ccc3c(c2)OC(C)(C)C(=O)N3)CC1. The Bertz CT molecular complexity index is 737. The molecule has 7 nitrogen and oxygen atoms in total. The summed E-state index contributed by atoms with van der Waals surface area (Å²) in [6.07, 6.45) is 0. The number of amides is 1. The molecule has 0 saturated carbocycles. The number of fused-ring (bicyclic) bond motifs is 1. The lowest BCUT2D eigenvalue weighted by Crippen LogP contribution is -2.47. The molecule has 23 heavy (non-hydrogen) atoms. The Kier molecular flexibility index (Phi) is 3.86. The zero-order valence-corrected chi connectivity index (χ0v) is 14.3. The van der Waals surface area contributed by atoms with Crippen molar-refractivity contribution in [2.24, 2.45) is 0 Å². The van der Waals surface area contributed by atoms with Crippen LogP contribution in [-0.4, -0.2) is 62.4 Å². The van der Waals surface area contributed by atoms with Gasteiger partial charge < -0.3 is 15.0 Å². The number of nitrogens with one attached hydrogen (secondary N) is 1. The number of anilines is 1. The number of carbonyl (C=O) groups excluding carboxylic acids is 1. The fourth-order valence-corrected chi connectivity index (χ4v) is 4.06. The highest BCUT2D eigenvalue weighted by Crippen LogP contribution is 2.35. The lowest BCUT2D eigenvalue weighted by atomic mass is 10.1. The van der Waals surface area contributed by atoms with E-state index < -0.39 is 15.6 Å². The molecule has 0 aromatic heterocycles. The number of rotatable bonds is 2. The van der Waals surface area contributed by atoms with Gasteiger partial charge in [-0.05, 0) is 33.0 Å². The first-order valence-electron chi connectivity index (χ1n) is 7.53. The van der Waals surface area contributed by atoms with E-state index in [2.05, 4.69) is 10.2 Å². The minimum atomic E-state index is -3.56. The second kappa shape index (κ2) is 5.47. The van der Waals surface area contributed by atoms with E-state index in [9.17, 15) is 13.2 Å². The Morgan fingerprint density at radius 2 is 1.83 bits per heavy atom. The van der Waals surface area contributed by atoms with Crippen LogP contribution in [0.25, 0.3) is 0 Å². The number of nitrogens with zero attached hydrogens (tertiary/aromatic N) is 2. The summed E-state index contributed by atoms with van der Waals surface area (Å²) in [6.45, 7) is 5.66. The Labute approximate surface area is 136 Å². The Morgan fingerprint density at radius 1 is 1.17 bits per heavy atom. The molecule has 1 saturated heterocycles. The normalized spacial score (nSPS) is 22.1. The number of hydrogen-bond donors (Lipinski definition) is 1. The summed E-state index contributed by atoms with van der Waals surface area (Å²) in [4.78, 5) is 14.2. The van der Waals surface area contributed by atoms with Crippen molar-refractivity contribution >= 4 is 21.6 Å². The molecule has 0 aliphatic carbocycles. The zero-order chi connectivity index (χ0) is 16.8. The molecular formula is C15H21N3O4S. The van der Waals surface area contributed by atoms with E-state index >= 15 is 0 Å². The average Bonchev–Trinajstić information content (AvgIpc) is 2.48. The number of hydrogen-bond acceptors (Lipinski definition) is 5. The lowest BCUT2D eigenvalue weighted by Gasteiger charge is -2.33. The molecule has 0 spiro atoms. The van der Waals surface area contributed by atoms with Gasteiger partial charge in [-0.15, -0.1) is 0 Å². The maximum Gasteiger partial charge on any atom is 0.268 e. The van der Waals surface area contributed by atoms with Crippen molar-refractivity contribution < 1.29 is 17.9 Å². The summed E-state index contributed by atoms with van der Waals surface area (Å²) in [7, 11) is -1.58. The average molecular weight is 339 g/mol. The smallest absolute Gasteiger partial charge is 0.268 e. The monoisotopic (exact) mass is 339 g/mol. The number of sulfonamides is 1. The Morgan fingerprint density at radius 3 is 2.48 bits per heavy atom. The Hall–Kier alpha value is -1.64. The van der Waals surface area contributed by atoms with Gasteiger partial charge in [0.25, 0.3) is 5.91 Å². The van der Waals surface area contributed by atoms with Gasteiger partial charge in [0.1, 0.15) is 5.75 Å². The minimum Gasteiger partial charge on any atom is -0.476 e. The predicted octanol–water partition coefficient (Wildman–Crippen LogP) is 0.732. The second-order valence-electron chi connectivity index (χ2n) is 6.43. The second-order valence-corrected chi connectivity index (χ2v) is 8.37. The van der Waals surface area contributed by atoms with E-state index in [4.69, 9.17) is 4.74 Å². The van der Waals surface area contributed by atoms with E-state index in [1.165, 1.54) is 16.4 Å². The van der Waals surface area contributed by atoms with E-state index in [0.717, 1.165) is 0 Å². The number of ether oxygens (including phenoxy) is 1. The zero-order valence-electron chi connectivity index (χ0n) is 13.5. The molecule has 1 amide bonds. The molecule has 2 aliphatic heterocycles. The lowest BCUT2D eigenvalue weighted by molar-refractivity contribution is -0.129. The first kappa shape index (κ1) is 16.2. The molecule has 8 heteroatoms. The van der Waals surface area contributed by atoms with Gasteiger partial charge in [0, 0.05) is 32.2 Å². The van der Waals surface area contributed by atoms with Crippen molar-refractivity contribution in [3.05, 3.63) is 18.2 Å². The number of likely N-dealkylation sites (N-methyl/N-ethyl adjacent to an activating group) is 1. The van der Waals surface area contributed by atoms with Crippen LogP contribution in [0.5, 0.6) is 5.75 Å². The van der Waals surface area contributed by atoms with Gasteiger partial charge in [0.2, 0.25) is 10.0 Å². The van der Waals surface area contributed by atoms with Gasteiger partial charge >= 0.3 is 0 Å². The van der Waals surface area contributed by atoms with Crippen molar-refractivity contribution in [2.45, 2.75) is 24.3 Å². The van der Waals surface area contributed by atoms with Crippen molar-refractivity contribution in [1.29, 1.82) is 0 Å². The molecule has 0 unspecified atom stereocenters. The molecule has 1 aromatic carbocycles. The fraction of sp³-hybridized carbons (Fsp3) is 0.533.